The molecule has 1 unspecified atom stereocenters. The van der Waals surface area contributed by atoms with Crippen LogP contribution in [0.4, 0.5) is 13.2 Å². The monoisotopic (exact) mass is 516 g/mol. The SMILES string of the molecule is CO[C@@]1(NC(=O)C[S+]([O-])C(F)(F)F)C(=O)N2C(C(=O)O)=C(CSc3nnc(C)o3)CS[C@@H]21. The van der Waals surface area contributed by atoms with Crippen LogP contribution in [0.15, 0.2) is 20.9 Å². The fraction of sp³-hybridized carbons (Fsp3) is 0.533. The zero-order valence-electron chi connectivity index (χ0n) is 16.3. The van der Waals surface area contributed by atoms with Gasteiger partial charge in [-0.3, -0.25) is 14.5 Å². The second-order valence-corrected chi connectivity index (χ2v) is 9.83. The lowest BCUT2D eigenvalue weighted by Gasteiger charge is -2.55. The summed E-state index contributed by atoms with van der Waals surface area (Å²) in [6.07, 6.45) is 0. The predicted molar refractivity (Wildman–Crippen MR) is 104 cm³/mol. The molecule has 1 aromatic heterocycles. The number of aliphatic carboxylic acids is 1. The van der Waals surface area contributed by atoms with Crippen LogP contribution in [-0.4, -0.2) is 83.5 Å². The van der Waals surface area contributed by atoms with Gasteiger partial charge in [0.2, 0.25) is 5.89 Å². The number of carboxylic acids is 1. The molecule has 2 amide bonds. The van der Waals surface area contributed by atoms with Crippen molar-refractivity contribution in [3.05, 3.63) is 17.2 Å². The number of methoxy groups -OCH3 is 1. The van der Waals surface area contributed by atoms with E-state index in [1.54, 1.807) is 6.92 Å². The van der Waals surface area contributed by atoms with Gasteiger partial charge >= 0.3 is 11.5 Å². The molecule has 0 saturated carbocycles. The first-order valence-electron chi connectivity index (χ1n) is 8.55. The summed E-state index contributed by atoms with van der Waals surface area (Å²) in [4.78, 5) is 37.6. The number of aromatic nitrogens is 2. The summed E-state index contributed by atoms with van der Waals surface area (Å²) >= 11 is -1.35. The number of halogens is 3. The molecular weight excluding hydrogens is 501 g/mol. The van der Waals surface area contributed by atoms with Crippen molar-refractivity contribution in [1.82, 2.24) is 20.4 Å². The average molecular weight is 517 g/mol. The van der Waals surface area contributed by atoms with Gasteiger partial charge in [-0.2, -0.15) is 0 Å². The molecule has 32 heavy (non-hydrogen) atoms. The number of β-lactam (4-membered cyclic amide) rings is 1. The lowest BCUT2D eigenvalue weighted by Crippen LogP contribution is -2.81. The normalized spacial score (nSPS) is 24.1. The Morgan fingerprint density at radius 1 is 1.50 bits per heavy atom. The minimum absolute atomic E-state index is 0.115. The van der Waals surface area contributed by atoms with E-state index < -0.39 is 51.3 Å². The molecule has 0 aromatic carbocycles. The second kappa shape index (κ2) is 9.12. The van der Waals surface area contributed by atoms with Crippen molar-refractivity contribution in [2.24, 2.45) is 0 Å². The molecule has 0 aliphatic carbocycles. The van der Waals surface area contributed by atoms with Gasteiger partial charge in [-0.15, -0.1) is 35.1 Å². The minimum atomic E-state index is -5.10. The van der Waals surface area contributed by atoms with Gasteiger partial charge < -0.3 is 24.1 Å². The Labute approximate surface area is 189 Å². The number of carbonyl (C=O) groups is 3. The number of fused-ring (bicyclic) bond motifs is 1. The van der Waals surface area contributed by atoms with E-state index in [-0.39, 0.29) is 22.4 Å². The third-order valence-corrected chi connectivity index (χ3v) is 7.68. The maximum atomic E-state index is 12.8. The fourth-order valence-electron chi connectivity index (χ4n) is 2.98. The molecule has 2 aliphatic rings. The highest BCUT2D eigenvalue weighted by Gasteiger charge is 2.67. The zero-order chi connectivity index (χ0) is 23.8. The maximum Gasteiger partial charge on any atom is 0.573 e. The van der Waals surface area contributed by atoms with Crippen LogP contribution in [0.25, 0.3) is 0 Å². The van der Waals surface area contributed by atoms with Gasteiger partial charge in [0.25, 0.3) is 22.8 Å². The van der Waals surface area contributed by atoms with Crippen LogP contribution >= 0.6 is 23.5 Å². The Morgan fingerprint density at radius 3 is 2.72 bits per heavy atom. The number of nitrogens with zero attached hydrogens (tertiary/aromatic N) is 3. The maximum absolute atomic E-state index is 12.8. The number of carbonyl (C=O) groups excluding carboxylic acids is 2. The molecule has 2 N–H and O–H groups in total. The number of hydrogen-bond acceptors (Lipinski definition) is 10. The standard InChI is InChI=1S/C15H15F3N4O7S3/c1-6-20-21-13(29-6)31-4-7-3-30-12-14(28-2,11(26)22(12)9(7)10(24)25)19-8(23)5-32(27)15(16,17)18/h12H,3-5H2,1-2H3,(H,19,23)(H,24,25)/t12-,14+,32?/m1/s1. The van der Waals surface area contributed by atoms with E-state index in [0.717, 1.165) is 35.5 Å². The van der Waals surface area contributed by atoms with Gasteiger partial charge in [-0.05, 0) is 5.57 Å². The summed E-state index contributed by atoms with van der Waals surface area (Å²) in [6.45, 7) is 1.59. The van der Waals surface area contributed by atoms with Gasteiger partial charge in [0, 0.05) is 25.5 Å². The van der Waals surface area contributed by atoms with Crippen molar-refractivity contribution >= 4 is 52.5 Å². The smallest absolute Gasteiger partial charge is 0.573 e. The number of rotatable bonds is 8. The molecule has 1 aromatic rings. The largest absolute Gasteiger partial charge is 0.609 e. The summed E-state index contributed by atoms with van der Waals surface area (Å²) in [5, 5.41) is 18.3. The molecule has 0 radical (unpaired) electrons. The summed E-state index contributed by atoms with van der Waals surface area (Å²) in [7, 11) is 1.05. The minimum Gasteiger partial charge on any atom is -0.609 e. The van der Waals surface area contributed by atoms with E-state index in [4.69, 9.17) is 9.15 Å². The Morgan fingerprint density at radius 2 is 2.19 bits per heavy atom. The van der Waals surface area contributed by atoms with Gasteiger partial charge in [-0.1, -0.05) is 11.8 Å². The molecule has 11 nitrogen and oxygen atoms in total. The molecule has 3 rings (SSSR count). The van der Waals surface area contributed by atoms with Crippen molar-refractivity contribution in [2.75, 3.05) is 24.4 Å². The van der Waals surface area contributed by atoms with E-state index in [1.807, 2.05) is 5.32 Å². The number of ether oxygens (including phenoxy) is 1. The molecule has 1 fully saturated rings. The molecule has 0 bridgehead atoms. The number of hydrogen-bond donors (Lipinski definition) is 2. The molecule has 3 heterocycles. The van der Waals surface area contributed by atoms with Crippen LogP contribution < -0.4 is 5.32 Å². The molecule has 176 valence electrons. The lowest BCUT2D eigenvalue weighted by molar-refractivity contribution is -0.192. The zero-order valence-corrected chi connectivity index (χ0v) is 18.7. The van der Waals surface area contributed by atoms with E-state index in [2.05, 4.69) is 10.2 Å². The average Bonchev–Trinajstić information content (AvgIpc) is 3.13. The highest BCUT2D eigenvalue weighted by atomic mass is 32.2. The second-order valence-electron chi connectivity index (χ2n) is 6.40. The fourth-order valence-corrected chi connectivity index (χ4v) is 5.84. The molecule has 17 heteroatoms. The number of alkyl halides is 3. The van der Waals surface area contributed by atoms with Gasteiger partial charge in [-0.25, -0.2) is 4.79 Å². The summed E-state index contributed by atoms with van der Waals surface area (Å²) < 4.78 is 58.9. The first-order valence-corrected chi connectivity index (χ1v) is 11.9. The van der Waals surface area contributed by atoms with Crippen LogP contribution in [0.2, 0.25) is 0 Å². The number of aryl methyl sites for hydroxylation is 1. The molecule has 1 saturated heterocycles. The first kappa shape index (κ1) is 24.7. The Hall–Kier alpha value is -1.95. The summed E-state index contributed by atoms with van der Waals surface area (Å²) in [5.74, 6) is -4.58. The van der Waals surface area contributed by atoms with Crippen LogP contribution in [0.5, 0.6) is 0 Å². The van der Waals surface area contributed by atoms with Crippen molar-refractivity contribution in [3.63, 3.8) is 0 Å². The number of carboxylic acid groups (broad SMARTS) is 1. The third kappa shape index (κ3) is 4.57. The Kier molecular flexibility index (Phi) is 7.04. The predicted octanol–water partition coefficient (Wildman–Crippen LogP) is 0.451. The van der Waals surface area contributed by atoms with Crippen molar-refractivity contribution < 1.29 is 46.4 Å². The van der Waals surface area contributed by atoms with Gasteiger partial charge in [0.15, 0.2) is 5.75 Å². The first-order chi connectivity index (χ1) is 14.9. The van der Waals surface area contributed by atoms with E-state index in [1.165, 1.54) is 0 Å². The molecule has 2 aliphatic heterocycles. The summed E-state index contributed by atoms with van der Waals surface area (Å²) in [5.41, 5.74) is -7.15. The van der Waals surface area contributed by atoms with Gasteiger partial charge in [0.05, 0.1) is 11.2 Å². The molecular formula is C15H15F3N4O7S3. The van der Waals surface area contributed by atoms with Gasteiger partial charge in [0.1, 0.15) is 11.1 Å². The van der Waals surface area contributed by atoms with Crippen molar-refractivity contribution in [2.45, 2.75) is 28.8 Å². The summed E-state index contributed by atoms with van der Waals surface area (Å²) in [6, 6.07) is 0. The number of thioether (sulfide) groups is 2. The van der Waals surface area contributed by atoms with Crippen molar-refractivity contribution in [3.8, 4) is 0 Å². The van der Waals surface area contributed by atoms with Crippen LogP contribution in [-0.2, 0) is 30.3 Å². The third-order valence-electron chi connectivity index (χ3n) is 4.36. The molecule has 3 atom stereocenters. The van der Waals surface area contributed by atoms with E-state index >= 15 is 0 Å². The van der Waals surface area contributed by atoms with Crippen LogP contribution in [0.1, 0.15) is 5.89 Å². The quantitative estimate of drug-likeness (QED) is 0.214. The van der Waals surface area contributed by atoms with E-state index in [9.17, 15) is 37.2 Å². The topological polar surface area (TPSA) is 158 Å². The van der Waals surface area contributed by atoms with E-state index in [0.29, 0.717) is 11.5 Å². The Balaban J connectivity index is 1.78. The Bertz CT molecular complexity index is 972. The highest BCUT2D eigenvalue weighted by molar-refractivity contribution is 8.01. The highest BCUT2D eigenvalue weighted by Crippen LogP contribution is 2.47. The lowest BCUT2D eigenvalue weighted by atomic mass is 9.98. The van der Waals surface area contributed by atoms with Crippen molar-refractivity contribution in [1.29, 1.82) is 0 Å². The number of nitrogens with one attached hydrogen (secondary N) is 1. The van der Waals surface area contributed by atoms with Crippen LogP contribution in [0.3, 0.4) is 0 Å². The number of amides is 2. The van der Waals surface area contributed by atoms with Crippen LogP contribution in [0, 0.1) is 6.92 Å². The molecule has 0 spiro atoms.